The van der Waals surface area contributed by atoms with E-state index in [2.05, 4.69) is 20.3 Å². The number of carbonyl (C=O) groups is 2. The summed E-state index contributed by atoms with van der Waals surface area (Å²) in [4.78, 5) is 32.3. The molecule has 1 aliphatic carbocycles. The Balaban J connectivity index is 1.13. The maximum atomic E-state index is 13.1. The van der Waals surface area contributed by atoms with Crippen molar-refractivity contribution in [2.45, 2.75) is 38.1 Å². The number of methoxy groups -OCH3 is 2. The van der Waals surface area contributed by atoms with Crippen molar-refractivity contribution in [2.24, 2.45) is 5.92 Å². The van der Waals surface area contributed by atoms with Crippen LogP contribution in [-0.2, 0) is 14.3 Å². The van der Waals surface area contributed by atoms with Crippen LogP contribution in [0.2, 0.25) is 0 Å². The summed E-state index contributed by atoms with van der Waals surface area (Å²) < 4.78 is 23.3. The van der Waals surface area contributed by atoms with Crippen LogP contribution in [0.1, 0.15) is 42.6 Å². The molecule has 214 valence electrons. The first-order chi connectivity index (χ1) is 19.6. The number of morpholine rings is 1. The van der Waals surface area contributed by atoms with E-state index in [9.17, 15) is 9.59 Å². The molecule has 0 bridgehead atoms. The lowest BCUT2D eigenvalue weighted by molar-refractivity contribution is -0.150. The van der Waals surface area contributed by atoms with Gasteiger partial charge in [-0.2, -0.15) is 5.10 Å². The molecule has 0 spiro atoms. The molecule has 1 saturated heterocycles. The van der Waals surface area contributed by atoms with Gasteiger partial charge in [-0.3, -0.25) is 14.5 Å². The first-order valence-corrected chi connectivity index (χ1v) is 13.9. The molecule has 40 heavy (non-hydrogen) atoms. The van der Waals surface area contributed by atoms with Crippen LogP contribution in [0.25, 0.3) is 16.9 Å². The minimum Gasteiger partial charge on any atom is -0.493 e. The second kappa shape index (κ2) is 13.1. The van der Waals surface area contributed by atoms with Gasteiger partial charge in [0, 0.05) is 43.5 Å². The van der Waals surface area contributed by atoms with Crippen molar-refractivity contribution in [3.63, 3.8) is 0 Å². The highest BCUT2D eigenvalue weighted by molar-refractivity contribution is 5.93. The largest absolute Gasteiger partial charge is 0.493 e. The van der Waals surface area contributed by atoms with E-state index in [0.717, 1.165) is 63.4 Å². The zero-order valence-electron chi connectivity index (χ0n) is 23.1. The van der Waals surface area contributed by atoms with Crippen LogP contribution in [0.15, 0.2) is 36.5 Å². The van der Waals surface area contributed by atoms with Crippen molar-refractivity contribution >= 4 is 17.5 Å². The molecular weight excluding hydrogens is 514 g/mol. The molecule has 1 aliphatic heterocycles. The van der Waals surface area contributed by atoms with Gasteiger partial charge < -0.3 is 24.3 Å². The summed E-state index contributed by atoms with van der Waals surface area (Å²) in [6.45, 7) is 4.79. The van der Waals surface area contributed by atoms with Crippen LogP contribution in [-0.4, -0.2) is 91.1 Å². The third-order valence-corrected chi connectivity index (χ3v) is 7.63. The van der Waals surface area contributed by atoms with Gasteiger partial charge in [-0.25, -0.2) is 9.50 Å². The molecule has 5 rings (SSSR count). The Morgan fingerprint density at radius 1 is 1.02 bits per heavy atom. The van der Waals surface area contributed by atoms with Gasteiger partial charge >= 0.3 is 5.97 Å². The molecule has 1 N–H and O–H groups in total. The third kappa shape index (κ3) is 6.53. The van der Waals surface area contributed by atoms with Crippen molar-refractivity contribution in [1.82, 2.24) is 24.8 Å². The van der Waals surface area contributed by atoms with Crippen molar-refractivity contribution in [3.05, 3.63) is 42.2 Å². The number of nitrogens with one attached hydrogen (secondary N) is 1. The van der Waals surface area contributed by atoms with E-state index in [-0.39, 0.29) is 23.8 Å². The first kappa shape index (κ1) is 27.9. The van der Waals surface area contributed by atoms with Gasteiger partial charge in [0.05, 0.1) is 45.7 Å². The molecule has 0 radical (unpaired) electrons. The monoisotopic (exact) mass is 551 g/mol. The summed E-state index contributed by atoms with van der Waals surface area (Å²) in [7, 11) is 3.18. The second-order valence-electron chi connectivity index (χ2n) is 10.2. The van der Waals surface area contributed by atoms with Gasteiger partial charge in [0.2, 0.25) is 0 Å². The highest BCUT2D eigenvalue weighted by atomic mass is 16.5. The van der Waals surface area contributed by atoms with Crippen LogP contribution in [0.4, 0.5) is 0 Å². The zero-order valence-corrected chi connectivity index (χ0v) is 23.1. The molecule has 3 aromatic rings. The van der Waals surface area contributed by atoms with E-state index in [1.807, 2.05) is 24.3 Å². The average molecular weight is 552 g/mol. The Morgan fingerprint density at radius 2 is 1.80 bits per heavy atom. The number of amides is 1. The number of hydrogen-bond donors (Lipinski definition) is 1. The molecule has 1 saturated carbocycles. The molecule has 2 fully saturated rings. The highest BCUT2D eigenvalue weighted by Gasteiger charge is 2.29. The van der Waals surface area contributed by atoms with Gasteiger partial charge in [-0.05, 0) is 56.4 Å². The smallest absolute Gasteiger partial charge is 0.308 e. The van der Waals surface area contributed by atoms with Crippen LogP contribution in [0, 0.1) is 5.92 Å². The standard InChI is InChI=1S/C29H37N5O6/c1-37-25-9-6-21(18-26(25)38-2)24-10-11-30-27-19-23(32-34(24)27)28(35)31-22-7-4-20(5-8-22)29(36)40-15-3-12-33-13-16-39-17-14-33/h6,9-11,18-20,22H,3-5,7-8,12-17H2,1-2H3,(H,31,35)/t20-,22-. The number of carbonyl (C=O) groups excluding carboxylic acids is 2. The normalized spacial score (nSPS) is 19.8. The van der Waals surface area contributed by atoms with Gasteiger partial charge in [0.15, 0.2) is 22.8 Å². The summed E-state index contributed by atoms with van der Waals surface area (Å²) in [6, 6.07) is 9.11. The predicted molar refractivity (Wildman–Crippen MR) is 148 cm³/mol. The second-order valence-corrected chi connectivity index (χ2v) is 10.2. The first-order valence-electron chi connectivity index (χ1n) is 13.9. The maximum Gasteiger partial charge on any atom is 0.308 e. The van der Waals surface area contributed by atoms with E-state index >= 15 is 0 Å². The zero-order chi connectivity index (χ0) is 27.9. The molecule has 0 unspecified atom stereocenters. The number of fused-ring (bicyclic) bond motifs is 1. The Kier molecular flexibility index (Phi) is 9.12. The molecule has 3 heterocycles. The van der Waals surface area contributed by atoms with E-state index in [0.29, 0.717) is 42.3 Å². The lowest BCUT2D eigenvalue weighted by Gasteiger charge is -2.28. The topological polar surface area (TPSA) is 117 Å². The van der Waals surface area contributed by atoms with E-state index < -0.39 is 0 Å². The molecule has 0 atom stereocenters. The number of benzene rings is 1. The maximum absolute atomic E-state index is 13.1. The SMILES string of the molecule is COc1ccc(-c2ccnc3cc(C(=O)N[C@H]4CC[C@H](C(=O)OCCCN5CCOCC5)CC4)nn23)cc1OC. The van der Waals surface area contributed by atoms with E-state index in [4.69, 9.17) is 18.9 Å². The third-order valence-electron chi connectivity index (χ3n) is 7.63. The van der Waals surface area contributed by atoms with Crippen LogP contribution in [0.3, 0.4) is 0 Å². The Morgan fingerprint density at radius 3 is 2.55 bits per heavy atom. The molecule has 2 aromatic heterocycles. The fraction of sp³-hybridized carbons (Fsp3) is 0.517. The summed E-state index contributed by atoms with van der Waals surface area (Å²) in [5.74, 6) is 0.741. The molecule has 2 aliphatic rings. The van der Waals surface area contributed by atoms with Crippen LogP contribution in [0.5, 0.6) is 11.5 Å². The number of ether oxygens (including phenoxy) is 4. The Hall–Kier alpha value is -3.70. The molecule has 11 nitrogen and oxygen atoms in total. The predicted octanol–water partition coefficient (Wildman–Crippen LogP) is 2.97. The summed E-state index contributed by atoms with van der Waals surface area (Å²) in [6.07, 6.45) is 5.36. The van der Waals surface area contributed by atoms with E-state index in [1.165, 1.54) is 0 Å². The van der Waals surface area contributed by atoms with Gasteiger partial charge in [0.25, 0.3) is 5.91 Å². The molecule has 1 aromatic carbocycles. The number of aromatic nitrogens is 3. The summed E-state index contributed by atoms with van der Waals surface area (Å²) >= 11 is 0. The van der Waals surface area contributed by atoms with Crippen LogP contribution < -0.4 is 14.8 Å². The quantitative estimate of drug-likeness (QED) is 0.300. The summed E-state index contributed by atoms with van der Waals surface area (Å²) in [5.41, 5.74) is 2.49. The van der Waals surface area contributed by atoms with Crippen molar-refractivity contribution in [1.29, 1.82) is 0 Å². The lowest BCUT2D eigenvalue weighted by Crippen LogP contribution is -2.39. The minimum absolute atomic E-state index is 0.0130. The minimum atomic E-state index is -0.252. The number of hydrogen-bond acceptors (Lipinski definition) is 9. The fourth-order valence-corrected chi connectivity index (χ4v) is 5.36. The molecule has 1 amide bonds. The fourth-order valence-electron chi connectivity index (χ4n) is 5.36. The summed E-state index contributed by atoms with van der Waals surface area (Å²) in [5, 5.41) is 7.65. The van der Waals surface area contributed by atoms with Crippen molar-refractivity contribution in [3.8, 4) is 22.8 Å². The number of rotatable bonds is 10. The molecular formula is C29H37N5O6. The van der Waals surface area contributed by atoms with Crippen molar-refractivity contribution < 1.29 is 28.5 Å². The molecule has 11 heteroatoms. The average Bonchev–Trinajstić information content (AvgIpc) is 3.45. The van der Waals surface area contributed by atoms with Gasteiger partial charge in [0.1, 0.15) is 0 Å². The van der Waals surface area contributed by atoms with E-state index in [1.54, 1.807) is 31.0 Å². The Labute approximate surface area is 233 Å². The van der Waals surface area contributed by atoms with Crippen molar-refractivity contribution in [2.75, 3.05) is 53.7 Å². The van der Waals surface area contributed by atoms with Gasteiger partial charge in [-0.1, -0.05) is 0 Å². The van der Waals surface area contributed by atoms with Gasteiger partial charge in [-0.15, -0.1) is 0 Å². The van der Waals surface area contributed by atoms with Crippen LogP contribution >= 0.6 is 0 Å². The number of esters is 1. The number of nitrogens with zero attached hydrogens (tertiary/aromatic N) is 4. The highest BCUT2D eigenvalue weighted by Crippen LogP contribution is 2.32. The Bertz CT molecular complexity index is 1310. The lowest BCUT2D eigenvalue weighted by atomic mass is 9.86.